The van der Waals surface area contributed by atoms with E-state index in [0.717, 1.165) is 13.0 Å². The van der Waals surface area contributed by atoms with Crippen molar-refractivity contribution in [1.29, 1.82) is 0 Å². The summed E-state index contributed by atoms with van der Waals surface area (Å²) in [7, 11) is 1.99. The van der Waals surface area contributed by atoms with Crippen LogP contribution >= 0.6 is 0 Å². The average molecular weight is 265 g/mol. The maximum Gasteiger partial charge on any atom is 0.0639 e. The van der Waals surface area contributed by atoms with Crippen LogP contribution in [0.25, 0.3) is 0 Å². The quantitative estimate of drug-likeness (QED) is 0.618. The van der Waals surface area contributed by atoms with Crippen LogP contribution in [0.1, 0.15) is 64.5 Å². The zero-order chi connectivity index (χ0) is 13.9. The van der Waals surface area contributed by atoms with Crippen LogP contribution in [0.2, 0.25) is 0 Å². The largest absolute Gasteiger partial charge is 0.314 e. The van der Waals surface area contributed by atoms with Gasteiger partial charge < -0.3 is 5.32 Å². The second-order valence-electron chi connectivity index (χ2n) is 5.50. The summed E-state index contributed by atoms with van der Waals surface area (Å²) in [5, 5.41) is 8.07. The highest BCUT2D eigenvalue weighted by molar-refractivity contribution is 5.01. The number of aryl methyl sites for hydroxylation is 1. The minimum Gasteiger partial charge on any atom is -0.314 e. The monoisotopic (exact) mass is 265 g/mol. The Morgan fingerprint density at radius 2 is 1.89 bits per heavy atom. The van der Waals surface area contributed by atoms with Gasteiger partial charge in [-0.2, -0.15) is 5.10 Å². The maximum absolute atomic E-state index is 4.48. The van der Waals surface area contributed by atoms with Crippen LogP contribution < -0.4 is 5.32 Å². The molecule has 0 saturated carbocycles. The molecule has 0 aliphatic carbocycles. The molecule has 0 radical (unpaired) electrons. The molecule has 1 unspecified atom stereocenters. The summed E-state index contributed by atoms with van der Waals surface area (Å²) in [4.78, 5) is 0. The Kier molecular flexibility index (Phi) is 8.55. The van der Waals surface area contributed by atoms with E-state index < -0.39 is 0 Å². The summed E-state index contributed by atoms with van der Waals surface area (Å²) < 4.78 is 1.89. The number of nitrogens with zero attached hydrogens (tertiary/aromatic N) is 2. The number of likely N-dealkylation sites (N-methyl/N-ethyl adjacent to an activating group) is 1. The summed E-state index contributed by atoms with van der Waals surface area (Å²) >= 11 is 0. The lowest BCUT2D eigenvalue weighted by molar-refractivity contribution is 0.455. The van der Waals surface area contributed by atoms with E-state index in [1.54, 1.807) is 0 Å². The third-order valence-corrected chi connectivity index (χ3v) is 3.62. The number of nitrogens with one attached hydrogen (secondary N) is 1. The van der Waals surface area contributed by atoms with Crippen LogP contribution in [0.4, 0.5) is 0 Å². The van der Waals surface area contributed by atoms with Crippen molar-refractivity contribution in [2.45, 2.75) is 71.3 Å². The number of aromatic nitrogens is 2. The van der Waals surface area contributed by atoms with E-state index in [0.29, 0.717) is 6.04 Å². The van der Waals surface area contributed by atoms with Gasteiger partial charge in [0.25, 0.3) is 0 Å². The molecule has 0 saturated heterocycles. The zero-order valence-electron chi connectivity index (χ0n) is 13.0. The highest BCUT2D eigenvalue weighted by atomic mass is 15.2. The van der Waals surface area contributed by atoms with Gasteiger partial charge in [-0.25, -0.2) is 0 Å². The number of unbranched alkanes of at least 4 members (excludes halogenated alkanes) is 5. The van der Waals surface area contributed by atoms with Crippen LogP contribution in [0.5, 0.6) is 0 Å². The average Bonchev–Trinajstić information content (AvgIpc) is 2.79. The summed E-state index contributed by atoms with van der Waals surface area (Å²) in [6.07, 6.45) is 12.6. The first-order chi connectivity index (χ1) is 9.26. The number of hydrogen-bond acceptors (Lipinski definition) is 2. The highest BCUT2D eigenvalue weighted by Crippen LogP contribution is 2.11. The predicted octanol–water partition coefficient (Wildman–Crippen LogP) is 3.69. The van der Waals surface area contributed by atoms with Gasteiger partial charge in [-0.1, -0.05) is 52.4 Å². The van der Waals surface area contributed by atoms with Gasteiger partial charge in [0.05, 0.1) is 5.69 Å². The van der Waals surface area contributed by atoms with Crippen molar-refractivity contribution in [3.05, 3.63) is 18.0 Å². The van der Waals surface area contributed by atoms with Crippen molar-refractivity contribution < 1.29 is 0 Å². The summed E-state index contributed by atoms with van der Waals surface area (Å²) in [6.45, 7) is 5.51. The second-order valence-corrected chi connectivity index (χ2v) is 5.50. The van der Waals surface area contributed by atoms with E-state index >= 15 is 0 Å². The first kappa shape index (κ1) is 16.2. The minimum absolute atomic E-state index is 0.589. The molecule has 1 aromatic heterocycles. The van der Waals surface area contributed by atoms with E-state index in [1.807, 2.05) is 17.9 Å². The van der Waals surface area contributed by atoms with Crippen LogP contribution in [0.3, 0.4) is 0 Å². The third kappa shape index (κ3) is 7.36. The molecule has 3 heteroatoms. The topological polar surface area (TPSA) is 29.9 Å². The fourth-order valence-electron chi connectivity index (χ4n) is 2.56. The Bertz CT molecular complexity index is 320. The maximum atomic E-state index is 4.48. The molecular weight excluding hydrogens is 234 g/mol. The lowest BCUT2D eigenvalue weighted by Gasteiger charge is -2.16. The highest BCUT2D eigenvalue weighted by Gasteiger charge is 2.09. The van der Waals surface area contributed by atoms with E-state index in [1.165, 1.54) is 50.6 Å². The Morgan fingerprint density at radius 1 is 1.16 bits per heavy atom. The first-order valence-electron chi connectivity index (χ1n) is 7.98. The molecule has 0 spiro atoms. The zero-order valence-corrected chi connectivity index (χ0v) is 13.0. The molecule has 0 bridgehead atoms. The summed E-state index contributed by atoms with van der Waals surface area (Å²) in [5.41, 5.74) is 1.21. The first-order valence-corrected chi connectivity index (χ1v) is 7.98. The third-order valence-electron chi connectivity index (χ3n) is 3.62. The van der Waals surface area contributed by atoms with Gasteiger partial charge in [0.2, 0.25) is 0 Å². The standard InChI is InChI=1S/C16H31N3/c1-4-6-7-8-9-10-11-15(17-5-2)14-16-12-13-19(3)18-16/h12-13,15,17H,4-11,14H2,1-3H3. The van der Waals surface area contributed by atoms with Gasteiger partial charge in [-0.3, -0.25) is 4.68 Å². The molecule has 1 N–H and O–H groups in total. The van der Waals surface area contributed by atoms with Crippen molar-refractivity contribution in [2.75, 3.05) is 6.54 Å². The molecule has 110 valence electrons. The molecular formula is C16H31N3. The van der Waals surface area contributed by atoms with Gasteiger partial charge in [0, 0.05) is 25.7 Å². The summed E-state index contributed by atoms with van der Waals surface area (Å²) in [5.74, 6) is 0. The molecule has 1 aromatic rings. The van der Waals surface area contributed by atoms with E-state index in [-0.39, 0.29) is 0 Å². The molecule has 0 fully saturated rings. The Morgan fingerprint density at radius 3 is 2.53 bits per heavy atom. The van der Waals surface area contributed by atoms with Crippen molar-refractivity contribution >= 4 is 0 Å². The molecule has 0 aromatic carbocycles. The fourth-order valence-corrected chi connectivity index (χ4v) is 2.56. The normalized spacial score (nSPS) is 12.8. The van der Waals surface area contributed by atoms with Gasteiger partial charge >= 0.3 is 0 Å². The number of hydrogen-bond donors (Lipinski definition) is 1. The van der Waals surface area contributed by atoms with Crippen LogP contribution in [-0.2, 0) is 13.5 Å². The van der Waals surface area contributed by atoms with Crippen LogP contribution in [0.15, 0.2) is 12.3 Å². The lowest BCUT2D eigenvalue weighted by Crippen LogP contribution is -2.31. The molecule has 1 rings (SSSR count). The van der Waals surface area contributed by atoms with Gasteiger partial charge in [0.1, 0.15) is 0 Å². The molecule has 1 heterocycles. The smallest absolute Gasteiger partial charge is 0.0639 e. The van der Waals surface area contributed by atoms with Crippen molar-refractivity contribution in [3.63, 3.8) is 0 Å². The fraction of sp³-hybridized carbons (Fsp3) is 0.812. The molecule has 3 nitrogen and oxygen atoms in total. The van der Waals surface area contributed by atoms with Crippen LogP contribution in [0, 0.1) is 0 Å². The molecule has 19 heavy (non-hydrogen) atoms. The van der Waals surface area contributed by atoms with E-state index in [9.17, 15) is 0 Å². The second kappa shape index (κ2) is 10.0. The minimum atomic E-state index is 0.589. The Balaban J connectivity index is 2.20. The summed E-state index contributed by atoms with van der Waals surface area (Å²) in [6, 6.07) is 2.72. The number of rotatable bonds is 11. The van der Waals surface area contributed by atoms with Gasteiger partial charge in [0.15, 0.2) is 0 Å². The molecule has 1 atom stereocenters. The van der Waals surface area contributed by atoms with E-state index in [4.69, 9.17) is 0 Å². The van der Waals surface area contributed by atoms with Crippen molar-refractivity contribution in [3.8, 4) is 0 Å². The van der Waals surface area contributed by atoms with Crippen LogP contribution in [-0.4, -0.2) is 22.4 Å². The van der Waals surface area contributed by atoms with Gasteiger partial charge in [-0.05, 0) is 19.0 Å². The lowest BCUT2D eigenvalue weighted by atomic mass is 10.0. The molecule has 0 aliphatic heterocycles. The Hall–Kier alpha value is -0.830. The predicted molar refractivity (Wildman–Crippen MR) is 82.4 cm³/mol. The Labute approximate surface area is 118 Å². The van der Waals surface area contributed by atoms with E-state index in [2.05, 4.69) is 30.3 Å². The SMILES string of the molecule is CCCCCCCCC(Cc1ccn(C)n1)NCC. The molecule has 0 amide bonds. The van der Waals surface area contributed by atoms with Crippen molar-refractivity contribution in [1.82, 2.24) is 15.1 Å². The van der Waals surface area contributed by atoms with Crippen molar-refractivity contribution in [2.24, 2.45) is 7.05 Å². The molecule has 0 aliphatic rings. The van der Waals surface area contributed by atoms with Gasteiger partial charge in [-0.15, -0.1) is 0 Å².